The zero-order chi connectivity index (χ0) is 18.1. The van der Waals surface area contributed by atoms with E-state index in [4.69, 9.17) is 11.6 Å². The number of likely N-dealkylation sites (tertiary alicyclic amines) is 1. The van der Waals surface area contributed by atoms with Crippen molar-refractivity contribution >= 4 is 35.0 Å². The van der Waals surface area contributed by atoms with Gasteiger partial charge in [0.15, 0.2) is 0 Å². The summed E-state index contributed by atoms with van der Waals surface area (Å²) in [5, 5.41) is 0.685. The number of hydrogen-bond donors (Lipinski definition) is 0. The van der Waals surface area contributed by atoms with E-state index in [2.05, 4.69) is 4.90 Å². The molecular weight excluding hydrogens is 342 g/mol. The van der Waals surface area contributed by atoms with Crippen LogP contribution in [-0.4, -0.2) is 59.7 Å². The lowest BCUT2D eigenvalue weighted by molar-refractivity contribution is -0.150. The Kier molecular flexibility index (Phi) is 4.99. The molecule has 25 heavy (non-hydrogen) atoms. The Labute approximate surface area is 152 Å². The molecular formula is C18H22ClN3O3. The van der Waals surface area contributed by atoms with Crippen LogP contribution in [-0.2, 0) is 14.4 Å². The summed E-state index contributed by atoms with van der Waals surface area (Å²) < 4.78 is 0. The molecule has 1 aromatic carbocycles. The number of carbonyl (C=O) groups excluding carboxylic acids is 3. The molecule has 2 aliphatic heterocycles. The van der Waals surface area contributed by atoms with Crippen molar-refractivity contribution in [1.29, 1.82) is 0 Å². The second-order valence-corrected chi connectivity index (χ2v) is 7.11. The Morgan fingerprint density at radius 3 is 2.44 bits per heavy atom. The molecule has 0 spiro atoms. The molecule has 0 N–H and O–H groups in total. The van der Waals surface area contributed by atoms with Gasteiger partial charge in [0.25, 0.3) is 0 Å². The minimum atomic E-state index is -0.734. The van der Waals surface area contributed by atoms with Crippen LogP contribution >= 0.6 is 11.6 Å². The second-order valence-electron chi connectivity index (χ2n) is 6.68. The minimum absolute atomic E-state index is 0.165. The van der Waals surface area contributed by atoms with E-state index in [0.717, 1.165) is 10.6 Å². The van der Waals surface area contributed by atoms with Gasteiger partial charge in [0.05, 0.1) is 0 Å². The molecule has 2 unspecified atom stereocenters. The van der Waals surface area contributed by atoms with Crippen molar-refractivity contribution < 1.29 is 14.4 Å². The number of carbonyl (C=O) groups is 3. The molecule has 2 aliphatic rings. The van der Waals surface area contributed by atoms with Crippen molar-refractivity contribution in [3.05, 3.63) is 29.3 Å². The molecule has 0 aromatic heterocycles. The molecule has 1 aromatic rings. The molecule has 3 amide bonds. The maximum absolute atomic E-state index is 12.7. The van der Waals surface area contributed by atoms with Crippen molar-refractivity contribution in [2.75, 3.05) is 31.1 Å². The van der Waals surface area contributed by atoms with E-state index in [-0.39, 0.29) is 30.1 Å². The Bertz CT molecular complexity index is 701. The number of benzene rings is 1. The summed E-state index contributed by atoms with van der Waals surface area (Å²) in [4.78, 5) is 41.9. The molecule has 2 heterocycles. The van der Waals surface area contributed by atoms with Crippen molar-refractivity contribution in [1.82, 2.24) is 9.80 Å². The molecule has 0 aliphatic carbocycles. The molecule has 7 heteroatoms. The number of amides is 3. The van der Waals surface area contributed by atoms with E-state index in [1.165, 1.54) is 0 Å². The first-order chi connectivity index (χ1) is 11.9. The summed E-state index contributed by atoms with van der Waals surface area (Å²) in [6.45, 7) is 5.86. The zero-order valence-electron chi connectivity index (χ0n) is 14.4. The first-order valence-corrected chi connectivity index (χ1v) is 8.91. The third-order valence-electron chi connectivity index (χ3n) is 4.92. The van der Waals surface area contributed by atoms with Gasteiger partial charge in [0, 0.05) is 49.2 Å². The Morgan fingerprint density at radius 2 is 1.88 bits per heavy atom. The quantitative estimate of drug-likeness (QED) is 0.768. The van der Waals surface area contributed by atoms with E-state index >= 15 is 0 Å². The summed E-state index contributed by atoms with van der Waals surface area (Å²) in [6, 6.07) is 6.91. The predicted octanol–water partition coefficient (Wildman–Crippen LogP) is 1.77. The molecule has 2 fully saturated rings. The summed E-state index contributed by atoms with van der Waals surface area (Å²) in [5.41, 5.74) is 1.03. The topological polar surface area (TPSA) is 60.9 Å². The van der Waals surface area contributed by atoms with Gasteiger partial charge in [0.2, 0.25) is 17.7 Å². The van der Waals surface area contributed by atoms with Gasteiger partial charge in [-0.1, -0.05) is 24.6 Å². The molecule has 134 valence electrons. The fourth-order valence-corrected chi connectivity index (χ4v) is 3.63. The predicted molar refractivity (Wildman–Crippen MR) is 95.3 cm³/mol. The maximum atomic E-state index is 12.7. The number of anilines is 1. The SMILES string of the molecule is CC1CC(=O)N(C(C)C(=O)N2CCN(c3cccc(Cl)c3)CC2)C1=O. The Morgan fingerprint density at radius 1 is 1.20 bits per heavy atom. The lowest BCUT2D eigenvalue weighted by Gasteiger charge is -2.38. The lowest BCUT2D eigenvalue weighted by Crippen LogP contribution is -2.55. The minimum Gasteiger partial charge on any atom is -0.368 e. The zero-order valence-corrected chi connectivity index (χ0v) is 15.2. The van der Waals surface area contributed by atoms with E-state index < -0.39 is 6.04 Å². The average molecular weight is 364 g/mol. The van der Waals surface area contributed by atoms with Gasteiger partial charge < -0.3 is 9.80 Å². The normalized spacial score (nSPS) is 22.5. The highest BCUT2D eigenvalue weighted by Crippen LogP contribution is 2.24. The summed E-state index contributed by atoms with van der Waals surface area (Å²) in [5.74, 6) is -0.997. The summed E-state index contributed by atoms with van der Waals surface area (Å²) >= 11 is 6.04. The number of piperazine rings is 1. The van der Waals surface area contributed by atoms with Crippen LogP contribution < -0.4 is 4.90 Å². The maximum Gasteiger partial charge on any atom is 0.245 e. The Hall–Kier alpha value is -2.08. The van der Waals surface area contributed by atoms with Crippen LogP contribution in [0.25, 0.3) is 0 Å². The summed E-state index contributed by atoms with van der Waals surface area (Å²) in [7, 11) is 0. The van der Waals surface area contributed by atoms with Crippen LogP contribution in [0.1, 0.15) is 20.3 Å². The highest BCUT2D eigenvalue weighted by atomic mass is 35.5. The fourth-order valence-electron chi connectivity index (χ4n) is 3.45. The van der Waals surface area contributed by atoms with E-state index in [1.807, 2.05) is 24.3 Å². The first kappa shape index (κ1) is 17.7. The number of rotatable bonds is 3. The van der Waals surface area contributed by atoms with Crippen LogP contribution in [0.15, 0.2) is 24.3 Å². The molecule has 0 bridgehead atoms. The standard InChI is InChI=1S/C18H22ClN3O3/c1-12-10-16(23)22(17(12)24)13(2)18(25)21-8-6-20(7-9-21)15-5-3-4-14(19)11-15/h3-5,11-13H,6-10H2,1-2H3. The number of imide groups is 1. The molecule has 6 nitrogen and oxygen atoms in total. The second kappa shape index (κ2) is 7.04. The summed E-state index contributed by atoms with van der Waals surface area (Å²) in [6.07, 6.45) is 0.193. The number of nitrogens with zero attached hydrogens (tertiary/aromatic N) is 3. The number of halogens is 1. The average Bonchev–Trinajstić information content (AvgIpc) is 2.86. The Balaban J connectivity index is 1.62. The van der Waals surface area contributed by atoms with E-state index in [1.54, 1.807) is 18.7 Å². The third-order valence-corrected chi connectivity index (χ3v) is 5.15. The smallest absolute Gasteiger partial charge is 0.245 e. The largest absolute Gasteiger partial charge is 0.368 e. The van der Waals surface area contributed by atoms with Crippen molar-refractivity contribution in [2.24, 2.45) is 5.92 Å². The van der Waals surface area contributed by atoms with Crippen LogP contribution in [0.3, 0.4) is 0 Å². The van der Waals surface area contributed by atoms with Crippen molar-refractivity contribution in [2.45, 2.75) is 26.3 Å². The fraction of sp³-hybridized carbons (Fsp3) is 0.500. The van der Waals surface area contributed by atoms with Crippen LogP contribution in [0.5, 0.6) is 0 Å². The highest BCUT2D eigenvalue weighted by Gasteiger charge is 2.42. The third kappa shape index (κ3) is 3.49. The van der Waals surface area contributed by atoms with Gasteiger partial charge >= 0.3 is 0 Å². The molecule has 0 radical (unpaired) electrons. The molecule has 3 rings (SSSR count). The van der Waals surface area contributed by atoms with Crippen molar-refractivity contribution in [3.8, 4) is 0 Å². The monoisotopic (exact) mass is 363 g/mol. The first-order valence-electron chi connectivity index (χ1n) is 8.53. The molecule has 2 saturated heterocycles. The molecule has 2 atom stereocenters. The van der Waals surface area contributed by atoms with Gasteiger partial charge in [-0.2, -0.15) is 0 Å². The van der Waals surface area contributed by atoms with Gasteiger partial charge in [-0.3, -0.25) is 19.3 Å². The molecule has 0 saturated carbocycles. The van der Waals surface area contributed by atoms with Gasteiger partial charge in [-0.25, -0.2) is 0 Å². The highest BCUT2D eigenvalue weighted by molar-refractivity contribution is 6.30. The lowest BCUT2D eigenvalue weighted by atomic mass is 10.1. The van der Waals surface area contributed by atoms with Gasteiger partial charge in [-0.15, -0.1) is 0 Å². The van der Waals surface area contributed by atoms with Gasteiger partial charge in [0.1, 0.15) is 6.04 Å². The van der Waals surface area contributed by atoms with Crippen LogP contribution in [0.4, 0.5) is 5.69 Å². The van der Waals surface area contributed by atoms with E-state index in [0.29, 0.717) is 31.2 Å². The van der Waals surface area contributed by atoms with E-state index in [9.17, 15) is 14.4 Å². The van der Waals surface area contributed by atoms with Crippen LogP contribution in [0.2, 0.25) is 5.02 Å². The van der Waals surface area contributed by atoms with Crippen LogP contribution in [0, 0.1) is 5.92 Å². The van der Waals surface area contributed by atoms with Crippen molar-refractivity contribution in [3.63, 3.8) is 0 Å². The number of hydrogen-bond acceptors (Lipinski definition) is 4. The van der Waals surface area contributed by atoms with Gasteiger partial charge in [-0.05, 0) is 25.1 Å².